The summed E-state index contributed by atoms with van der Waals surface area (Å²) >= 11 is 0. The van der Waals surface area contributed by atoms with Gasteiger partial charge in [0.25, 0.3) is 0 Å². The van der Waals surface area contributed by atoms with Crippen LogP contribution in [0.5, 0.6) is 5.75 Å². The van der Waals surface area contributed by atoms with Crippen LogP contribution in [0.3, 0.4) is 0 Å². The third-order valence-electron chi connectivity index (χ3n) is 3.68. The van der Waals surface area contributed by atoms with Gasteiger partial charge in [-0.2, -0.15) is 0 Å². The number of hydrogen-bond donors (Lipinski definition) is 1. The molecule has 1 aliphatic rings. The number of aryl methyl sites for hydroxylation is 2. The van der Waals surface area contributed by atoms with Crippen molar-refractivity contribution in [2.24, 2.45) is 5.92 Å². The number of ether oxygens (including phenoxy) is 1. The van der Waals surface area contributed by atoms with Crippen LogP contribution >= 0.6 is 0 Å². The molecule has 0 saturated heterocycles. The Morgan fingerprint density at radius 3 is 2.33 bits per heavy atom. The first kappa shape index (κ1) is 12.9. The highest BCUT2D eigenvalue weighted by atomic mass is 16.5. The molecule has 1 saturated carbocycles. The SMILES string of the molecule is Cc1cc(OCC2CCCC2)cc(C)c1C(=O)O. The Morgan fingerprint density at radius 2 is 1.83 bits per heavy atom. The maximum atomic E-state index is 11.1. The van der Waals surface area contributed by atoms with E-state index in [1.807, 2.05) is 26.0 Å². The van der Waals surface area contributed by atoms with Crippen LogP contribution in [0.25, 0.3) is 0 Å². The average molecular weight is 248 g/mol. The Bertz CT molecular complexity index is 422. The van der Waals surface area contributed by atoms with Crippen molar-refractivity contribution in [1.82, 2.24) is 0 Å². The molecule has 0 aromatic heterocycles. The highest BCUT2D eigenvalue weighted by Gasteiger charge is 2.17. The standard InChI is InChI=1S/C15H20O3/c1-10-7-13(8-11(2)14(10)15(16)17)18-9-12-5-3-4-6-12/h7-8,12H,3-6,9H2,1-2H3,(H,16,17). The zero-order valence-electron chi connectivity index (χ0n) is 11.0. The zero-order chi connectivity index (χ0) is 13.1. The first-order chi connectivity index (χ1) is 8.58. The maximum absolute atomic E-state index is 11.1. The maximum Gasteiger partial charge on any atom is 0.336 e. The lowest BCUT2D eigenvalue weighted by molar-refractivity contribution is 0.0695. The van der Waals surface area contributed by atoms with E-state index in [1.54, 1.807) is 0 Å². The summed E-state index contributed by atoms with van der Waals surface area (Å²) in [6, 6.07) is 3.65. The number of carboxylic acid groups (broad SMARTS) is 1. The van der Waals surface area contributed by atoms with E-state index < -0.39 is 5.97 Å². The van der Waals surface area contributed by atoms with Crippen LogP contribution in [-0.2, 0) is 0 Å². The lowest BCUT2D eigenvalue weighted by Gasteiger charge is -2.14. The minimum atomic E-state index is -0.868. The van der Waals surface area contributed by atoms with E-state index in [1.165, 1.54) is 25.7 Å². The molecular weight excluding hydrogens is 228 g/mol. The molecule has 1 N–H and O–H groups in total. The molecule has 98 valence electrons. The Hall–Kier alpha value is -1.51. The Balaban J connectivity index is 2.07. The minimum Gasteiger partial charge on any atom is -0.493 e. The molecule has 1 aromatic carbocycles. The average Bonchev–Trinajstić information content (AvgIpc) is 2.77. The van der Waals surface area contributed by atoms with Crippen molar-refractivity contribution in [3.63, 3.8) is 0 Å². The Kier molecular flexibility index (Phi) is 3.90. The van der Waals surface area contributed by atoms with Gasteiger partial charge in [-0.1, -0.05) is 12.8 Å². The smallest absolute Gasteiger partial charge is 0.336 e. The van der Waals surface area contributed by atoms with Crippen molar-refractivity contribution in [1.29, 1.82) is 0 Å². The molecule has 0 aliphatic heterocycles. The van der Waals surface area contributed by atoms with Crippen LogP contribution in [-0.4, -0.2) is 17.7 Å². The molecule has 1 aromatic rings. The van der Waals surface area contributed by atoms with Crippen molar-refractivity contribution < 1.29 is 14.6 Å². The molecule has 0 bridgehead atoms. The first-order valence-electron chi connectivity index (χ1n) is 6.55. The molecular formula is C15H20O3. The fourth-order valence-corrected chi connectivity index (χ4v) is 2.74. The molecule has 3 nitrogen and oxygen atoms in total. The zero-order valence-corrected chi connectivity index (χ0v) is 11.0. The molecule has 1 fully saturated rings. The third-order valence-corrected chi connectivity index (χ3v) is 3.68. The normalized spacial score (nSPS) is 15.9. The number of carbonyl (C=O) groups is 1. The largest absolute Gasteiger partial charge is 0.493 e. The van der Waals surface area contributed by atoms with Crippen molar-refractivity contribution in [3.8, 4) is 5.75 Å². The highest BCUT2D eigenvalue weighted by molar-refractivity contribution is 5.91. The van der Waals surface area contributed by atoms with Gasteiger partial charge in [-0.3, -0.25) is 0 Å². The second kappa shape index (κ2) is 5.42. The summed E-state index contributed by atoms with van der Waals surface area (Å²) < 4.78 is 5.79. The molecule has 18 heavy (non-hydrogen) atoms. The topological polar surface area (TPSA) is 46.5 Å². The second-order valence-corrected chi connectivity index (χ2v) is 5.20. The summed E-state index contributed by atoms with van der Waals surface area (Å²) in [6.45, 7) is 4.39. The highest BCUT2D eigenvalue weighted by Crippen LogP contribution is 2.27. The molecule has 0 amide bonds. The van der Waals surface area contributed by atoms with E-state index in [4.69, 9.17) is 9.84 Å². The van der Waals surface area contributed by atoms with Gasteiger partial charge in [0.1, 0.15) is 5.75 Å². The summed E-state index contributed by atoms with van der Waals surface area (Å²) in [6.07, 6.45) is 5.13. The second-order valence-electron chi connectivity index (χ2n) is 5.20. The van der Waals surface area contributed by atoms with Crippen LogP contribution in [0, 0.1) is 19.8 Å². The lowest BCUT2D eigenvalue weighted by Crippen LogP contribution is -2.09. The summed E-state index contributed by atoms with van der Waals surface area (Å²) in [4.78, 5) is 11.1. The number of carboxylic acids is 1. The van der Waals surface area contributed by atoms with Crippen LogP contribution in [0.4, 0.5) is 0 Å². The van der Waals surface area contributed by atoms with Gasteiger partial charge < -0.3 is 9.84 Å². The van der Waals surface area contributed by atoms with Gasteiger partial charge in [0.05, 0.1) is 12.2 Å². The van der Waals surface area contributed by atoms with Gasteiger partial charge in [-0.25, -0.2) is 4.79 Å². The van der Waals surface area contributed by atoms with Gasteiger partial charge in [0.15, 0.2) is 0 Å². The summed E-state index contributed by atoms with van der Waals surface area (Å²) in [5.74, 6) is 0.596. The minimum absolute atomic E-state index is 0.392. The van der Waals surface area contributed by atoms with Crippen LogP contribution in [0.15, 0.2) is 12.1 Å². The van der Waals surface area contributed by atoms with Gasteiger partial charge in [0, 0.05) is 0 Å². The molecule has 0 heterocycles. The lowest BCUT2D eigenvalue weighted by atomic mass is 10.0. The monoisotopic (exact) mass is 248 g/mol. The number of benzene rings is 1. The van der Waals surface area contributed by atoms with Gasteiger partial charge in [-0.05, 0) is 55.9 Å². The molecule has 0 atom stereocenters. The molecule has 0 radical (unpaired) electrons. The van der Waals surface area contributed by atoms with E-state index in [-0.39, 0.29) is 0 Å². The fourth-order valence-electron chi connectivity index (χ4n) is 2.74. The number of rotatable bonds is 4. The van der Waals surface area contributed by atoms with Crippen LogP contribution in [0.1, 0.15) is 47.2 Å². The van der Waals surface area contributed by atoms with Crippen molar-refractivity contribution in [3.05, 3.63) is 28.8 Å². The third kappa shape index (κ3) is 2.84. The fraction of sp³-hybridized carbons (Fsp3) is 0.533. The predicted octanol–water partition coefficient (Wildman–Crippen LogP) is 3.57. The quantitative estimate of drug-likeness (QED) is 0.886. The van der Waals surface area contributed by atoms with Crippen molar-refractivity contribution in [2.45, 2.75) is 39.5 Å². The Morgan fingerprint density at radius 1 is 1.28 bits per heavy atom. The Labute approximate surface area is 108 Å². The number of aromatic carboxylic acids is 1. The van der Waals surface area contributed by atoms with Crippen LogP contribution < -0.4 is 4.74 Å². The first-order valence-corrected chi connectivity index (χ1v) is 6.55. The van der Waals surface area contributed by atoms with Gasteiger partial charge in [-0.15, -0.1) is 0 Å². The van der Waals surface area contributed by atoms with Crippen molar-refractivity contribution >= 4 is 5.97 Å². The van der Waals surface area contributed by atoms with Gasteiger partial charge >= 0.3 is 5.97 Å². The summed E-state index contributed by atoms with van der Waals surface area (Å²) in [7, 11) is 0. The molecule has 0 unspecified atom stereocenters. The predicted molar refractivity (Wildman–Crippen MR) is 70.3 cm³/mol. The van der Waals surface area contributed by atoms with E-state index in [0.29, 0.717) is 11.5 Å². The molecule has 2 rings (SSSR count). The molecule has 1 aliphatic carbocycles. The summed E-state index contributed by atoms with van der Waals surface area (Å²) in [5, 5.41) is 9.10. The van der Waals surface area contributed by atoms with E-state index in [2.05, 4.69) is 0 Å². The van der Waals surface area contributed by atoms with E-state index in [0.717, 1.165) is 23.5 Å². The van der Waals surface area contributed by atoms with Gasteiger partial charge in [0.2, 0.25) is 0 Å². The number of hydrogen-bond acceptors (Lipinski definition) is 2. The molecule has 3 heteroatoms. The van der Waals surface area contributed by atoms with E-state index in [9.17, 15) is 4.79 Å². The summed E-state index contributed by atoms with van der Waals surface area (Å²) in [5.41, 5.74) is 1.93. The molecule has 0 spiro atoms. The van der Waals surface area contributed by atoms with Crippen LogP contribution in [0.2, 0.25) is 0 Å². The van der Waals surface area contributed by atoms with E-state index >= 15 is 0 Å². The van der Waals surface area contributed by atoms with Crippen molar-refractivity contribution in [2.75, 3.05) is 6.61 Å².